The van der Waals surface area contributed by atoms with Gasteiger partial charge in [0.25, 0.3) is 0 Å². The van der Waals surface area contributed by atoms with Gasteiger partial charge in [-0.05, 0) is 49.2 Å². The number of sulfonamides is 1. The molecule has 13 heteroatoms. The highest BCUT2D eigenvalue weighted by Gasteiger charge is 2.30. The van der Waals surface area contributed by atoms with E-state index in [1.807, 2.05) is 4.90 Å². The van der Waals surface area contributed by atoms with E-state index in [0.29, 0.717) is 50.3 Å². The van der Waals surface area contributed by atoms with Crippen molar-refractivity contribution in [2.24, 2.45) is 0 Å². The lowest BCUT2D eigenvalue weighted by Crippen LogP contribution is -2.43. The fourth-order valence-electron chi connectivity index (χ4n) is 5.58. The van der Waals surface area contributed by atoms with E-state index < -0.39 is 38.4 Å². The zero-order chi connectivity index (χ0) is 29.4. The molecular weight excluding hydrogens is 589 g/mol. The molecule has 0 bridgehead atoms. The standard InChI is InChI=1S/C29H28ClF3N6O2S/c30-19-13-22(27(33)26(14-19)37-42(40,41)21-3-1-2-4-21)23-17-39(36-28(23)18-5-7-34-8-6-18)29-24(31)15-20(16-25(29)32)38-11-9-35-10-12-38/h5-8,13-17,21,35,37H,1-4,9-12H2. The van der Waals surface area contributed by atoms with Gasteiger partial charge in [-0.25, -0.2) is 26.3 Å². The van der Waals surface area contributed by atoms with Crippen molar-refractivity contribution in [1.29, 1.82) is 0 Å². The molecule has 0 atom stereocenters. The van der Waals surface area contributed by atoms with Crippen molar-refractivity contribution in [2.75, 3.05) is 35.8 Å². The smallest absolute Gasteiger partial charge is 0.235 e. The van der Waals surface area contributed by atoms with E-state index in [1.54, 1.807) is 12.1 Å². The lowest BCUT2D eigenvalue weighted by molar-refractivity contribution is 0.552. The van der Waals surface area contributed by atoms with E-state index >= 15 is 13.2 Å². The van der Waals surface area contributed by atoms with Crippen molar-refractivity contribution >= 4 is 33.0 Å². The van der Waals surface area contributed by atoms with Crippen LogP contribution >= 0.6 is 11.6 Å². The fourth-order valence-corrected chi connectivity index (χ4v) is 7.37. The summed E-state index contributed by atoms with van der Waals surface area (Å²) in [6.45, 7) is 2.62. The summed E-state index contributed by atoms with van der Waals surface area (Å²) < 4.78 is 76.5. The SMILES string of the molecule is O=S(=O)(Nc1cc(Cl)cc(-c2cn(-c3c(F)cc(N4CCNCC4)cc3F)nc2-c2ccncc2)c1F)C1CCCC1. The first-order valence-corrected chi connectivity index (χ1v) is 15.6. The van der Waals surface area contributed by atoms with Crippen LogP contribution < -0.4 is 14.9 Å². The number of rotatable bonds is 7. The summed E-state index contributed by atoms with van der Waals surface area (Å²) in [6, 6.07) is 8.30. The van der Waals surface area contributed by atoms with Gasteiger partial charge in [-0.15, -0.1) is 0 Å². The zero-order valence-corrected chi connectivity index (χ0v) is 24.0. The third-order valence-corrected chi connectivity index (χ3v) is 9.77. The van der Waals surface area contributed by atoms with Crippen LogP contribution in [0.4, 0.5) is 24.5 Å². The monoisotopic (exact) mass is 616 g/mol. The summed E-state index contributed by atoms with van der Waals surface area (Å²) in [5.41, 5.74) is 0.459. The van der Waals surface area contributed by atoms with Crippen LogP contribution in [0.15, 0.2) is 55.0 Å². The van der Waals surface area contributed by atoms with Gasteiger partial charge in [0.2, 0.25) is 10.0 Å². The minimum atomic E-state index is -3.86. The number of benzene rings is 2. The van der Waals surface area contributed by atoms with E-state index in [0.717, 1.165) is 17.5 Å². The van der Waals surface area contributed by atoms with Crippen LogP contribution in [-0.2, 0) is 10.0 Å². The number of pyridine rings is 1. The topological polar surface area (TPSA) is 92.2 Å². The van der Waals surface area contributed by atoms with Crippen LogP contribution in [0, 0.1) is 17.5 Å². The van der Waals surface area contributed by atoms with Crippen LogP contribution in [0.1, 0.15) is 25.7 Å². The molecule has 2 N–H and O–H groups in total. The Morgan fingerprint density at radius 1 is 0.952 bits per heavy atom. The summed E-state index contributed by atoms with van der Waals surface area (Å²) >= 11 is 6.36. The highest BCUT2D eigenvalue weighted by molar-refractivity contribution is 7.93. The Bertz CT molecular complexity index is 1700. The van der Waals surface area contributed by atoms with Crippen LogP contribution in [0.25, 0.3) is 28.1 Å². The molecule has 0 unspecified atom stereocenters. The van der Waals surface area contributed by atoms with Crippen molar-refractivity contribution < 1.29 is 21.6 Å². The number of hydrogen-bond donors (Lipinski definition) is 2. The van der Waals surface area contributed by atoms with Crippen molar-refractivity contribution in [2.45, 2.75) is 30.9 Å². The maximum atomic E-state index is 16.1. The van der Waals surface area contributed by atoms with Crippen molar-refractivity contribution in [3.05, 3.63) is 77.5 Å². The molecule has 8 nitrogen and oxygen atoms in total. The van der Waals surface area contributed by atoms with Crippen molar-refractivity contribution in [1.82, 2.24) is 20.1 Å². The average Bonchev–Trinajstić information content (AvgIpc) is 3.67. The number of anilines is 2. The van der Waals surface area contributed by atoms with Crippen LogP contribution in [0.2, 0.25) is 5.02 Å². The van der Waals surface area contributed by atoms with Gasteiger partial charge >= 0.3 is 0 Å². The Morgan fingerprint density at radius 2 is 1.62 bits per heavy atom. The van der Waals surface area contributed by atoms with E-state index in [9.17, 15) is 8.42 Å². The lowest BCUT2D eigenvalue weighted by atomic mass is 10.0. The van der Waals surface area contributed by atoms with Gasteiger partial charge < -0.3 is 10.2 Å². The fraction of sp³-hybridized carbons (Fsp3) is 0.310. The lowest BCUT2D eigenvalue weighted by Gasteiger charge is -2.29. The molecular formula is C29H28ClF3N6O2S. The highest BCUT2D eigenvalue weighted by atomic mass is 35.5. The second-order valence-electron chi connectivity index (χ2n) is 10.4. The van der Waals surface area contributed by atoms with E-state index in [-0.39, 0.29) is 27.5 Å². The maximum Gasteiger partial charge on any atom is 0.235 e. The molecule has 220 valence electrons. The molecule has 2 aliphatic rings. The molecule has 2 fully saturated rings. The molecule has 1 aliphatic carbocycles. The molecule has 0 spiro atoms. The van der Waals surface area contributed by atoms with E-state index in [4.69, 9.17) is 11.6 Å². The summed E-state index contributed by atoms with van der Waals surface area (Å²) in [5.74, 6) is -2.56. The van der Waals surface area contributed by atoms with Crippen LogP contribution in [0.5, 0.6) is 0 Å². The molecule has 4 aromatic rings. The molecule has 42 heavy (non-hydrogen) atoms. The predicted molar refractivity (Wildman–Crippen MR) is 157 cm³/mol. The number of nitrogens with one attached hydrogen (secondary N) is 2. The minimum absolute atomic E-state index is 0.0710. The molecule has 3 heterocycles. The first-order valence-electron chi connectivity index (χ1n) is 13.7. The molecule has 0 amide bonds. The van der Waals surface area contributed by atoms with Gasteiger partial charge in [-0.2, -0.15) is 5.10 Å². The number of piperazine rings is 1. The van der Waals surface area contributed by atoms with Gasteiger partial charge in [0, 0.05) is 72.2 Å². The van der Waals surface area contributed by atoms with Crippen LogP contribution in [-0.4, -0.2) is 54.6 Å². The third kappa shape index (κ3) is 5.58. The Kier molecular flexibility index (Phi) is 7.86. The van der Waals surface area contributed by atoms with Crippen LogP contribution in [0.3, 0.4) is 0 Å². The van der Waals surface area contributed by atoms with Crippen molar-refractivity contribution in [3.8, 4) is 28.1 Å². The second-order valence-corrected chi connectivity index (χ2v) is 12.8. The average molecular weight is 617 g/mol. The summed E-state index contributed by atoms with van der Waals surface area (Å²) in [5, 5.41) is 7.12. The van der Waals surface area contributed by atoms with E-state index in [1.165, 1.54) is 42.9 Å². The molecule has 1 saturated carbocycles. The van der Waals surface area contributed by atoms with Crippen molar-refractivity contribution in [3.63, 3.8) is 0 Å². The zero-order valence-electron chi connectivity index (χ0n) is 22.5. The van der Waals surface area contributed by atoms with Gasteiger partial charge in [-0.1, -0.05) is 24.4 Å². The number of hydrogen-bond acceptors (Lipinski definition) is 6. The normalized spacial score (nSPS) is 16.2. The Labute approximate surface area is 246 Å². The largest absolute Gasteiger partial charge is 0.369 e. The summed E-state index contributed by atoms with van der Waals surface area (Å²) in [6.07, 6.45) is 6.89. The Balaban J connectivity index is 1.46. The predicted octanol–water partition coefficient (Wildman–Crippen LogP) is 5.77. The van der Waals surface area contributed by atoms with Gasteiger partial charge in [0.1, 0.15) is 11.4 Å². The number of aromatic nitrogens is 3. The minimum Gasteiger partial charge on any atom is -0.369 e. The van der Waals surface area contributed by atoms with Gasteiger partial charge in [0.05, 0.1) is 10.9 Å². The first kappa shape index (κ1) is 28.5. The maximum absolute atomic E-state index is 16.1. The molecule has 1 saturated heterocycles. The van der Waals surface area contributed by atoms with Gasteiger partial charge in [-0.3, -0.25) is 9.71 Å². The third-order valence-electron chi connectivity index (χ3n) is 7.70. The molecule has 2 aromatic heterocycles. The number of nitrogens with zero attached hydrogens (tertiary/aromatic N) is 4. The highest BCUT2D eigenvalue weighted by Crippen LogP contribution is 2.39. The Hall–Kier alpha value is -3.61. The van der Waals surface area contributed by atoms with E-state index in [2.05, 4.69) is 20.1 Å². The van der Waals surface area contributed by atoms with Gasteiger partial charge in [0.15, 0.2) is 17.5 Å². The molecule has 0 radical (unpaired) electrons. The molecule has 1 aliphatic heterocycles. The summed E-state index contributed by atoms with van der Waals surface area (Å²) in [4.78, 5) is 5.90. The number of halogens is 4. The quantitative estimate of drug-likeness (QED) is 0.274. The first-order chi connectivity index (χ1) is 20.2. The Morgan fingerprint density at radius 3 is 2.29 bits per heavy atom. The summed E-state index contributed by atoms with van der Waals surface area (Å²) in [7, 11) is -3.86. The second kappa shape index (κ2) is 11.6. The molecule has 2 aromatic carbocycles. The molecule has 6 rings (SSSR count).